The van der Waals surface area contributed by atoms with E-state index < -0.39 is 0 Å². The van der Waals surface area contributed by atoms with E-state index >= 15 is 0 Å². The predicted octanol–water partition coefficient (Wildman–Crippen LogP) is 3.22. The van der Waals surface area contributed by atoms with Gasteiger partial charge in [0, 0.05) is 12.1 Å². The molecule has 2 aromatic heterocycles. The molecule has 0 aliphatic carbocycles. The highest BCUT2D eigenvalue weighted by Crippen LogP contribution is 2.19. The van der Waals surface area contributed by atoms with Crippen molar-refractivity contribution < 1.29 is 4.79 Å². The van der Waals surface area contributed by atoms with Crippen molar-refractivity contribution in [3.63, 3.8) is 0 Å². The van der Waals surface area contributed by atoms with Crippen LogP contribution >= 0.6 is 11.5 Å². The normalized spacial score (nSPS) is 11.2. The molecule has 0 aliphatic rings. The number of Topliss-reactive ketones (excluding diaryl/α,β-unsaturated/α-hetero) is 1. The number of pyridine rings is 1. The highest BCUT2D eigenvalue weighted by atomic mass is 32.1. The Morgan fingerprint density at radius 3 is 2.80 bits per heavy atom. The summed E-state index contributed by atoms with van der Waals surface area (Å²) in [6.07, 6.45) is 3.62. The van der Waals surface area contributed by atoms with Crippen molar-refractivity contribution in [1.82, 2.24) is 8.94 Å². The second-order valence-electron chi connectivity index (χ2n) is 5.19. The molecular weight excluding hydrogens is 272 g/mol. The van der Waals surface area contributed by atoms with E-state index in [-0.39, 0.29) is 17.9 Å². The quantitative estimate of drug-likeness (QED) is 0.768. The molecule has 2 rings (SSSR count). The maximum absolute atomic E-state index is 12.3. The number of hydrogen-bond donors (Lipinski definition) is 0. The van der Waals surface area contributed by atoms with E-state index in [1.165, 1.54) is 11.5 Å². The van der Waals surface area contributed by atoms with Gasteiger partial charge in [0.15, 0.2) is 5.78 Å². The van der Waals surface area contributed by atoms with Gasteiger partial charge >= 0.3 is 0 Å². The average Bonchev–Trinajstić information content (AvgIpc) is 2.66. The van der Waals surface area contributed by atoms with Gasteiger partial charge in [-0.3, -0.25) is 13.5 Å². The number of nitrogens with zero attached hydrogens (tertiary/aromatic N) is 2. The van der Waals surface area contributed by atoms with Crippen LogP contribution in [0.1, 0.15) is 43.9 Å². The molecule has 0 unspecified atom stereocenters. The molecule has 0 aromatic carbocycles. The first-order valence-corrected chi connectivity index (χ1v) is 7.80. The summed E-state index contributed by atoms with van der Waals surface area (Å²) in [7, 11) is 0. The monoisotopic (exact) mass is 292 g/mol. The fourth-order valence-electron chi connectivity index (χ4n) is 2.31. The second kappa shape index (κ2) is 6.31. The lowest BCUT2D eigenvalue weighted by Gasteiger charge is -1.99. The zero-order valence-electron chi connectivity index (χ0n) is 12.2. The van der Waals surface area contributed by atoms with Crippen LogP contribution in [-0.2, 0) is 11.3 Å². The number of carbonyl (C=O) groups is 1. The third kappa shape index (κ3) is 3.15. The van der Waals surface area contributed by atoms with E-state index in [1.807, 2.05) is 19.9 Å². The minimum atomic E-state index is -0.0844. The lowest BCUT2D eigenvalue weighted by molar-refractivity contribution is -0.119. The van der Waals surface area contributed by atoms with E-state index in [4.69, 9.17) is 0 Å². The molecule has 0 radical (unpaired) electrons. The number of aryl methyl sites for hydroxylation is 2. The number of fused-ring (bicyclic) bond motifs is 1. The topological polar surface area (TPSA) is 52.0 Å². The van der Waals surface area contributed by atoms with E-state index in [0.717, 1.165) is 35.4 Å². The van der Waals surface area contributed by atoms with Crippen LogP contribution in [0.15, 0.2) is 10.9 Å². The Morgan fingerprint density at radius 2 is 2.10 bits per heavy atom. The van der Waals surface area contributed by atoms with Crippen LogP contribution < -0.4 is 5.56 Å². The first-order chi connectivity index (χ1) is 9.52. The Bertz CT molecular complexity index is 685. The Balaban J connectivity index is 2.23. The molecule has 0 N–H and O–H groups in total. The van der Waals surface area contributed by atoms with Crippen LogP contribution in [0, 0.1) is 13.8 Å². The number of unbranched alkanes of at least 4 members (excludes halogenated alkanes) is 2. The van der Waals surface area contributed by atoms with Crippen molar-refractivity contribution in [3.8, 4) is 0 Å². The Labute approximate surface area is 122 Å². The van der Waals surface area contributed by atoms with Crippen LogP contribution in [0.25, 0.3) is 10.2 Å². The molecule has 108 valence electrons. The SMILES string of the molecule is CCCCCC(=O)Cn1sc2nc(C)cc(C)c2c1=O. The lowest BCUT2D eigenvalue weighted by Crippen LogP contribution is -2.19. The summed E-state index contributed by atoms with van der Waals surface area (Å²) in [5.41, 5.74) is 1.75. The van der Waals surface area contributed by atoms with Gasteiger partial charge in [-0.15, -0.1) is 0 Å². The number of rotatable bonds is 6. The van der Waals surface area contributed by atoms with Crippen molar-refractivity contribution in [1.29, 1.82) is 0 Å². The lowest BCUT2D eigenvalue weighted by atomic mass is 10.1. The fourth-order valence-corrected chi connectivity index (χ4v) is 3.43. The van der Waals surface area contributed by atoms with Crippen molar-refractivity contribution in [2.75, 3.05) is 0 Å². The second-order valence-corrected chi connectivity index (χ2v) is 6.20. The summed E-state index contributed by atoms with van der Waals surface area (Å²) in [6.45, 7) is 6.12. The molecule has 4 nitrogen and oxygen atoms in total. The highest BCUT2D eigenvalue weighted by molar-refractivity contribution is 7.13. The van der Waals surface area contributed by atoms with Crippen molar-refractivity contribution in [2.24, 2.45) is 0 Å². The molecule has 2 heterocycles. The first kappa shape index (κ1) is 14.9. The minimum absolute atomic E-state index is 0.0844. The van der Waals surface area contributed by atoms with E-state index in [0.29, 0.717) is 11.8 Å². The molecular formula is C15H20N2O2S. The average molecular weight is 292 g/mol. The van der Waals surface area contributed by atoms with E-state index in [2.05, 4.69) is 11.9 Å². The smallest absolute Gasteiger partial charge is 0.270 e. The van der Waals surface area contributed by atoms with Crippen LogP contribution in [0.4, 0.5) is 0 Å². The predicted molar refractivity (Wildman–Crippen MR) is 82.5 cm³/mol. The van der Waals surface area contributed by atoms with Gasteiger partial charge in [-0.1, -0.05) is 19.8 Å². The molecule has 0 aliphatic heterocycles. The largest absolute Gasteiger partial charge is 0.298 e. The number of hydrogen-bond acceptors (Lipinski definition) is 4. The molecule has 0 amide bonds. The third-order valence-electron chi connectivity index (χ3n) is 3.33. The minimum Gasteiger partial charge on any atom is -0.298 e. The highest BCUT2D eigenvalue weighted by Gasteiger charge is 2.14. The Morgan fingerprint density at radius 1 is 1.35 bits per heavy atom. The molecule has 2 aromatic rings. The van der Waals surface area contributed by atoms with Gasteiger partial charge in [0.25, 0.3) is 5.56 Å². The third-order valence-corrected chi connectivity index (χ3v) is 4.31. The summed E-state index contributed by atoms with van der Waals surface area (Å²) < 4.78 is 1.54. The molecule has 0 saturated heterocycles. The Kier molecular flexibility index (Phi) is 4.70. The molecule has 5 heteroatoms. The maximum atomic E-state index is 12.3. The maximum Gasteiger partial charge on any atom is 0.270 e. The van der Waals surface area contributed by atoms with Crippen LogP contribution in [-0.4, -0.2) is 14.7 Å². The van der Waals surface area contributed by atoms with Gasteiger partial charge in [-0.05, 0) is 43.4 Å². The van der Waals surface area contributed by atoms with E-state index in [1.54, 1.807) is 3.96 Å². The summed E-state index contributed by atoms with van der Waals surface area (Å²) in [5, 5.41) is 0.655. The summed E-state index contributed by atoms with van der Waals surface area (Å²) >= 11 is 1.29. The summed E-state index contributed by atoms with van der Waals surface area (Å²) in [4.78, 5) is 29.3. The van der Waals surface area contributed by atoms with Crippen LogP contribution in [0.5, 0.6) is 0 Å². The molecule has 0 atom stereocenters. The molecule has 20 heavy (non-hydrogen) atoms. The van der Waals surface area contributed by atoms with Gasteiger partial charge in [0.05, 0.1) is 11.9 Å². The van der Waals surface area contributed by atoms with Gasteiger partial charge < -0.3 is 0 Å². The standard InChI is InChI=1S/C15H20N2O2S/c1-4-5-6-7-12(18)9-17-15(19)13-10(2)8-11(3)16-14(13)20-17/h8H,4-7,9H2,1-3H3. The number of aromatic nitrogens is 2. The molecule has 0 bridgehead atoms. The summed E-state index contributed by atoms with van der Waals surface area (Å²) in [6, 6.07) is 1.91. The van der Waals surface area contributed by atoms with Crippen molar-refractivity contribution in [2.45, 2.75) is 53.0 Å². The van der Waals surface area contributed by atoms with Gasteiger partial charge in [-0.2, -0.15) is 0 Å². The van der Waals surface area contributed by atoms with Crippen LogP contribution in [0.2, 0.25) is 0 Å². The Hall–Kier alpha value is -1.49. The van der Waals surface area contributed by atoms with Gasteiger partial charge in [0.1, 0.15) is 4.83 Å². The van der Waals surface area contributed by atoms with Crippen molar-refractivity contribution in [3.05, 3.63) is 27.7 Å². The number of carbonyl (C=O) groups excluding carboxylic acids is 1. The van der Waals surface area contributed by atoms with Crippen molar-refractivity contribution >= 4 is 27.5 Å². The summed E-state index contributed by atoms with van der Waals surface area (Å²) in [5.74, 6) is 0.126. The van der Waals surface area contributed by atoms with Gasteiger partial charge in [0.2, 0.25) is 0 Å². The molecule has 0 saturated carbocycles. The molecule has 0 fully saturated rings. The zero-order valence-corrected chi connectivity index (χ0v) is 13.0. The van der Waals surface area contributed by atoms with Gasteiger partial charge in [-0.25, -0.2) is 4.98 Å². The zero-order chi connectivity index (χ0) is 14.7. The fraction of sp³-hybridized carbons (Fsp3) is 0.533. The number of ketones is 1. The van der Waals surface area contributed by atoms with Crippen LogP contribution in [0.3, 0.4) is 0 Å². The first-order valence-electron chi connectivity index (χ1n) is 7.02. The molecule has 0 spiro atoms. The van der Waals surface area contributed by atoms with E-state index in [9.17, 15) is 9.59 Å².